The fraction of sp³-hybridized carbons (Fsp3) is 0. The molecular formula is C6H4N2OS. The molecule has 0 aromatic carbocycles. The molecule has 50 valence electrons. The normalized spacial score (nSPS) is 10.4. The van der Waals surface area contributed by atoms with E-state index < -0.39 is 0 Å². The third-order valence-corrected chi connectivity index (χ3v) is 2.02. The molecule has 4 heteroatoms. The average molecular weight is 152 g/mol. The quantitative estimate of drug-likeness (QED) is 0.611. The van der Waals surface area contributed by atoms with Gasteiger partial charge in [-0.3, -0.25) is 0 Å². The lowest BCUT2D eigenvalue weighted by molar-refractivity contribution is 1.12. The summed E-state index contributed by atoms with van der Waals surface area (Å²) in [5.41, 5.74) is 0.580. The zero-order valence-corrected chi connectivity index (χ0v) is 5.81. The molecule has 0 amide bonds. The molecule has 0 unspecified atom stereocenters. The van der Waals surface area contributed by atoms with E-state index in [1.165, 1.54) is 0 Å². The van der Waals surface area contributed by atoms with Crippen LogP contribution >= 0.6 is 11.3 Å². The molecular weight excluding hydrogens is 148 g/mol. The zero-order chi connectivity index (χ0) is 6.97. The fourth-order valence-corrected chi connectivity index (χ4v) is 1.52. The summed E-state index contributed by atoms with van der Waals surface area (Å²) in [7, 11) is 0. The number of H-pyrrole nitrogens is 1. The molecule has 0 saturated heterocycles. The SMILES string of the molecule is O=c1ncc2cscc2[nH]1. The predicted molar refractivity (Wildman–Crippen MR) is 40.2 cm³/mol. The van der Waals surface area contributed by atoms with E-state index in [0.717, 1.165) is 10.9 Å². The second kappa shape index (κ2) is 1.91. The molecule has 2 heterocycles. The lowest BCUT2D eigenvalue weighted by Crippen LogP contribution is -2.07. The van der Waals surface area contributed by atoms with Gasteiger partial charge >= 0.3 is 5.69 Å². The lowest BCUT2D eigenvalue weighted by atomic mass is 10.4. The monoisotopic (exact) mass is 152 g/mol. The molecule has 3 nitrogen and oxygen atoms in total. The Hall–Kier alpha value is -1.16. The number of hydrogen-bond acceptors (Lipinski definition) is 3. The maximum atomic E-state index is 10.6. The molecule has 2 aromatic rings. The Morgan fingerprint density at radius 3 is 3.30 bits per heavy atom. The molecule has 0 aliphatic rings. The predicted octanol–water partition coefficient (Wildman–Crippen LogP) is 0.985. The van der Waals surface area contributed by atoms with Gasteiger partial charge < -0.3 is 4.98 Å². The summed E-state index contributed by atoms with van der Waals surface area (Å²) in [6.45, 7) is 0. The highest BCUT2D eigenvalue weighted by molar-refractivity contribution is 7.09. The smallest absolute Gasteiger partial charge is 0.305 e. The highest BCUT2D eigenvalue weighted by atomic mass is 32.1. The van der Waals surface area contributed by atoms with Crippen molar-refractivity contribution < 1.29 is 0 Å². The standard InChI is InChI=1S/C6H4N2OS/c9-6-7-1-4-2-10-3-5(4)8-6/h1-3H,(H,8,9). The summed E-state index contributed by atoms with van der Waals surface area (Å²) in [5.74, 6) is 0. The van der Waals surface area contributed by atoms with Gasteiger partial charge in [-0.15, -0.1) is 11.3 Å². The maximum Gasteiger partial charge on any atom is 0.345 e. The molecule has 0 saturated carbocycles. The summed E-state index contributed by atoms with van der Waals surface area (Å²) in [6.07, 6.45) is 1.57. The third-order valence-electron chi connectivity index (χ3n) is 1.25. The highest BCUT2D eigenvalue weighted by Crippen LogP contribution is 2.12. The maximum absolute atomic E-state index is 10.6. The first-order chi connectivity index (χ1) is 4.86. The van der Waals surface area contributed by atoms with Crippen LogP contribution in [0.15, 0.2) is 21.8 Å². The molecule has 0 fully saturated rings. The largest absolute Gasteiger partial charge is 0.345 e. The summed E-state index contributed by atoms with van der Waals surface area (Å²) in [6, 6.07) is 0. The number of thiophene rings is 1. The number of rotatable bonds is 0. The molecule has 0 aliphatic heterocycles. The van der Waals surface area contributed by atoms with Crippen LogP contribution in [0.1, 0.15) is 0 Å². The van der Waals surface area contributed by atoms with E-state index in [4.69, 9.17) is 0 Å². The number of nitrogens with zero attached hydrogens (tertiary/aromatic N) is 1. The second-order valence-electron chi connectivity index (χ2n) is 1.93. The van der Waals surface area contributed by atoms with Crippen molar-refractivity contribution in [1.82, 2.24) is 9.97 Å². The first-order valence-corrected chi connectivity index (χ1v) is 3.72. The Balaban J connectivity index is 2.99. The van der Waals surface area contributed by atoms with E-state index in [-0.39, 0.29) is 5.69 Å². The lowest BCUT2D eigenvalue weighted by Gasteiger charge is -1.83. The molecule has 0 atom stereocenters. The number of hydrogen-bond donors (Lipinski definition) is 1. The zero-order valence-electron chi connectivity index (χ0n) is 5.00. The topological polar surface area (TPSA) is 45.8 Å². The van der Waals surface area contributed by atoms with Crippen LogP contribution < -0.4 is 5.69 Å². The van der Waals surface area contributed by atoms with Crippen LogP contribution in [-0.2, 0) is 0 Å². The molecule has 0 bridgehead atoms. The Morgan fingerprint density at radius 2 is 2.40 bits per heavy atom. The number of fused-ring (bicyclic) bond motifs is 1. The van der Waals surface area contributed by atoms with Crippen LogP contribution in [0, 0.1) is 0 Å². The Bertz CT molecular complexity index is 403. The minimum Gasteiger partial charge on any atom is -0.305 e. The van der Waals surface area contributed by atoms with Crippen LogP contribution in [0.3, 0.4) is 0 Å². The van der Waals surface area contributed by atoms with Gasteiger partial charge in [0.25, 0.3) is 0 Å². The summed E-state index contributed by atoms with van der Waals surface area (Å²) >= 11 is 1.55. The van der Waals surface area contributed by atoms with E-state index in [9.17, 15) is 4.79 Å². The van der Waals surface area contributed by atoms with E-state index in [2.05, 4.69) is 9.97 Å². The minimum atomic E-state index is -0.286. The molecule has 2 rings (SSSR count). The van der Waals surface area contributed by atoms with Crippen molar-refractivity contribution in [2.75, 3.05) is 0 Å². The van der Waals surface area contributed by atoms with Crippen molar-refractivity contribution in [2.24, 2.45) is 0 Å². The van der Waals surface area contributed by atoms with Crippen molar-refractivity contribution in [3.63, 3.8) is 0 Å². The van der Waals surface area contributed by atoms with Gasteiger partial charge in [-0.2, -0.15) is 0 Å². The van der Waals surface area contributed by atoms with Crippen molar-refractivity contribution in [3.05, 3.63) is 27.4 Å². The van der Waals surface area contributed by atoms with E-state index >= 15 is 0 Å². The molecule has 0 radical (unpaired) electrons. The van der Waals surface area contributed by atoms with Crippen LogP contribution in [0.2, 0.25) is 0 Å². The van der Waals surface area contributed by atoms with Gasteiger partial charge in [0.1, 0.15) is 0 Å². The fourth-order valence-electron chi connectivity index (χ4n) is 0.784. The highest BCUT2D eigenvalue weighted by Gasteiger charge is 1.92. The Labute approximate surface area is 60.4 Å². The van der Waals surface area contributed by atoms with E-state index in [1.54, 1.807) is 17.5 Å². The summed E-state index contributed by atoms with van der Waals surface area (Å²) in [4.78, 5) is 16.8. The Morgan fingerprint density at radius 1 is 1.50 bits per heavy atom. The Kier molecular flexibility index (Phi) is 1.07. The van der Waals surface area contributed by atoms with Gasteiger partial charge in [0, 0.05) is 22.3 Å². The number of aromatic amines is 1. The molecule has 10 heavy (non-hydrogen) atoms. The first-order valence-electron chi connectivity index (χ1n) is 2.77. The van der Waals surface area contributed by atoms with Gasteiger partial charge in [0.15, 0.2) is 0 Å². The van der Waals surface area contributed by atoms with Gasteiger partial charge in [0.2, 0.25) is 0 Å². The van der Waals surface area contributed by atoms with Gasteiger partial charge in [0.05, 0.1) is 5.52 Å². The van der Waals surface area contributed by atoms with Crippen molar-refractivity contribution in [1.29, 1.82) is 0 Å². The van der Waals surface area contributed by atoms with Gasteiger partial charge in [-0.1, -0.05) is 0 Å². The van der Waals surface area contributed by atoms with Gasteiger partial charge in [-0.25, -0.2) is 9.78 Å². The van der Waals surface area contributed by atoms with Gasteiger partial charge in [-0.05, 0) is 0 Å². The summed E-state index contributed by atoms with van der Waals surface area (Å²) < 4.78 is 0. The van der Waals surface area contributed by atoms with Crippen molar-refractivity contribution in [3.8, 4) is 0 Å². The molecule has 2 aromatic heterocycles. The summed E-state index contributed by atoms with van der Waals surface area (Å²) in [5, 5.41) is 4.82. The average Bonchev–Trinajstić information content (AvgIpc) is 2.33. The van der Waals surface area contributed by atoms with Crippen molar-refractivity contribution in [2.45, 2.75) is 0 Å². The first kappa shape index (κ1) is 5.61. The van der Waals surface area contributed by atoms with Crippen LogP contribution in [0.4, 0.5) is 0 Å². The molecule has 0 spiro atoms. The number of aromatic nitrogens is 2. The number of nitrogens with one attached hydrogen (secondary N) is 1. The van der Waals surface area contributed by atoms with Crippen LogP contribution in [0.25, 0.3) is 10.9 Å². The minimum absolute atomic E-state index is 0.286. The van der Waals surface area contributed by atoms with Crippen LogP contribution in [-0.4, -0.2) is 9.97 Å². The molecule has 0 aliphatic carbocycles. The van der Waals surface area contributed by atoms with E-state index in [0.29, 0.717) is 0 Å². The third kappa shape index (κ3) is 0.733. The van der Waals surface area contributed by atoms with Crippen LogP contribution in [0.5, 0.6) is 0 Å². The second-order valence-corrected chi connectivity index (χ2v) is 2.67. The molecule has 1 N–H and O–H groups in total. The van der Waals surface area contributed by atoms with E-state index in [1.807, 2.05) is 10.8 Å². The van der Waals surface area contributed by atoms with Crippen molar-refractivity contribution >= 4 is 22.2 Å².